The fourth-order valence-corrected chi connectivity index (χ4v) is 6.97. The highest BCUT2D eigenvalue weighted by atomic mass is 32.1. The first-order valence-electron chi connectivity index (χ1n) is 11.9. The van der Waals surface area contributed by atoms with Gasteiger partial charge in [-0.15, -0.1) is 22.7 Å². The molecule has 0 fully saturated rings. The number of hydrogen-bond donors (Lipinski definition) is 0. The van der Waals surface area contributed by atoms with Gasteiger partial charge in [-0.25, -0.2) is 0 Å². The Labute approximate surface area is 214 Å². The Kier molecular flexibility index (Phi) is 5.95. The van der Waals surface area contributed by atoms with E-state index in [1.807, 2.05) is 22.7 Å². The van der Waals surface area contributed by atoms with Crippen LogP contribution in [0.15, 0.2) is 121 Å². The SMILES string of the molecule is CCc1ccc(-c2c(-c3ccc(N(c4ccccc4)c4ccccc4)cc3)sc3ccsc23)cc1. The highest BCUT2D eigenvalue weighted by Crippen LogP contribution is 2.47. The van der Waals surface area contributed by atoms with E-state index in [0.717, 1.165) is 23.5 Å². The third-order valence-electron chi connectivity index (χ3n) is 6.36. The number of rotatable bonds is 6. The van der Waals surface area contributed by atoms with E-state index in [1.54, 1.807) is 0 Å². The van der Waals surface area contributed by atoms with Gasteiger partial charge in [-0.1, -0.05) is 79.7 Å². The molecule has 4 aromatic carbocycles. The average molecular weight is 488 g/mol. The lowest BCUT2D eigenvalue weighted by molar-refractivity contribution is 1.14. The molecule has 1 nitrogen and oxygen atoms in total. The Hall–Kier alpha value is -3.66. The fourth-order valence-electron chi connectivity index (χ4n) is 4.56. The summed E-state index contributed by atoms with van der Waals surface area (Å²) in [6.45, 7) is 2.21. The van der Waals surface area contributed by atoms with Gasteiger partial charge in [-0.2, -0.15) is 0 Å². The molecule has 0 radical (unpaired) electrons. The molecule has 0 aliphatic rings. The van der Waals surface area contributed by atoms with Crippen LogP contribution in [0.4, 0.5) is 17.1 Å². The second kappa shape index (κ2) is 9.53. The lowest BCUT2D eigenvalue weighted by atomic mass is 10.0. The highest BCUT2D eigenvalue weighted by Gasteiger charge is 2.18. The molecule has 6 rings (SSSR count). The quantitative estimate of drug-likeness (QED) is 0.226. The summed E-state index contributed by atoms with van der Waals surface area (Å²) in [5, 5.41) is 2.20. The number of benzene rings is 4. The standard InChI is InChI=1S/C32H25NS2/c1-2-23-13-15-24(16-14-23)30-31(35-29-21-22-34-32(29)30)25-17-19-28(20-18-25)33(26-9-5-3-6-10-26)27-11-7-4-8-12-27/h3-22H,2H2,1H3. The molecule has 2 heterocycles. The van der Waals surface area contributed by atoms with E-state index in [0.29, 0.717) is 0 Å². The summed E-state index contributed by atoms with van der Waals surface area (Å²) in [6.07, 6.45) is 1.06. The number of nitrogens with zero attached hydrogens (tertiary/aromatic N) is 1. The van der Waals surface area contributed by atoms with Crippen LogP contribution in [-0.2, 0) is 6.42 Å². The van der Waals surface area contributed by atoms with Crippen molar-refractivity contribution in [3.63, 3.8) is 0 Å². The summed E-state index contributed by atoms with van der Waals surface area (Å²) in [4.78, 5) is 3.65. The zero-order chi connectivity index (χ0) is 23.6. The Morgan fingerprint density at radius 1 is 0.600 bits per heavy atom. The maximum absolute atomic E-state index is 2.31. The molecule has 0 amide bonds. The van der Waals surface area contributed by atoms with E-state index in [9.17, 15) is 0 Å². The van der Waals surface area contributed by atoms with E-state index in [1.165, 1.54) is 36.5 Å². The fraction of sp³-hybridized carbons (Fsp3) is 0.0625. The lowest BCUT2D eigenvalue weighted by Gasteiger charge is -2.25. The van der Waals surface area contributed by atoms with E-state index in [4.69, 9.17) is 0 Å². The number of anilines is 3. The molecule has 6 aromatic rings. The molecular formula is C32H25NS2. The van der Waals surface area contributed by atoms with Gasteiger partial charge in [0.15, 0.2) is 0 Å². The van der Waals surface area contributed by atoms with Gasteiger partial charge in [0.1, 0.15) is 0 Å². The van der Waals surface area contributed by atoms with Gasteiger partial charge in [0.05, 0.1) is 4.70 Å². The molecule has 0 bridgehead atoms. The zero-order valence-electron chi connectivity index (χ0n) is 19.5. The summed E-state index contributed by atoms with van der Waals surface area (Å²) in [6, 6.07) is 41.5. The second-order valence-corrected chi connectivity index (χ2v) is 10.5. The van der Waals surface area contributed by atoms with Crippen LogP contribution in [0.3, 0.4) is 0 Å². The normalized spacial score (nSPS) is 11.1. The van der Waals surface area contributed by atoms with Gasteiger partial charge >= 0.3 is 0 Å². The first-order chi connectivity index (χ1) is 17.3. The Balaban J connectivity index is 1.44. The van der Waals surface area contributed by atoms with Crippen molar-refractivity contribution >= 4 is 49.1 Å². The van der Waals surface area contributed by atoms with Crippen molar-refractivity contribution in [3.05, 3.63) is 126 Å². The van der Waals surface area contributed by atoms with Crippen molar-refractivity contribution in [1.82, 2.24) is 0 Å². The maximum atomic E-state index is 2.31. The largest absolute Gasteiger partial charge is 0.311 e. The molecule has 3 heteroatoms. The van der Waals surface area contributed by atoms with Crippen molar-refractivity contribution in [1.29, 1.82) is 0 Å². The first kappa shape index (κ1) is 21.8. The number of thiophene rings is 2. The summed E-state index contributed by atoms with van der Waals surface area (Å²) >= 11 is 3.73. The molecule has 2 aromatic heterocycles. The van der Waals surface area contributed by atoms with Crippen LogP contribution in [0.2, 0.25) is 0 Å². The van der Waals surface area contributed by atoms with E-state index in [-0.39, 0.29) is 0 Å². The van der Waals surface area contributed by atoms with Crippen LogP contribution in [0.5, 0.6) is 0 Å². The molecule has 0 aliphatic heterocycles. The van der Waals surface area contributed by atoms with Gasteiger partial charge in [0, 0.05) is 32.2 Å². The Morgan fingerprint density at radius 2 is 1.17 bits per heavy atom. The molecule has 0 N–H and O–H groups in total. The van der Waals surface area contributed by atoms with Gasteiger partial charge in [-0.3, -0.25) is 0 Å². The molecule has 0 atom stereocenters. The summed E-state index contributed by atoms with van der Waals surface area (Å²) in [5.41, 5.74) is 8.75. The number of aryl methyl sites for hydroxylation is 1. The number of para-hydroxylation sites is 2. The minimum atomic E-state index is 1.06. The summed E-state index contributed by atoms with van der Waals surface area (Å²) < 4.78 is 2.74. The van der Waals surface area contributed by atoms with Crippen LogP contribution in [-0.4, -0.2) is 0 Å². The Morgan fingerprint density at radius 3 is 1.77 bits per heavy atom. The topological polar surface area (TPSA) is 3.24 Å². The second-order valence-electron chi connectivity index (χ2n) is 8.52. The van der Waals surface area contributed by atoms with Crippen LogP contribution in [0, 0.1) is 0 Å². The highest BCUT2D eigenvalue weighted by molar-refractivity contribution is 7.29. The molecular weight excluding hydrogens is 462 g/mol. The number of fused-ring (bicyclic) bond motifs is 1. The molecule has 0 saturated heterocycles. The van der Waals surface area contributed by atoms with Crippen molar-refractivity contribution < 1.29 is 0 Å². The predicted octanol–water partition coefficient (Wildman–Crippen LogP) is 10.3. The average Bonchev–Trinajstić information content (AvgIpc) is 3.52. The van der Waals surface area contributed by atoms with Crippen molar-refractivity contribution in [2.75, 3.05) is 4.90 Å². The van der Waals surface area contributed by atoms with Crippen LogP contribution < -0.4 is 4.90 Å². The molecule has 0 spiro atoms. The molecule has 0 unspecified atom stereocenters. The van der Waals surface area contributed by atoms with E-state index >= 15 is 0 Å². The Bertz CT molecular complexity index is 1500. The summed E-state index contributed by atoms with van der Waals surface area (Å²) in [5.74, 6) is 0. The van der Waals surface area contributed by atoms with Gasteiger partial charge in [-0.05, 0) is 71.0 Å². The summed E-state index contributed by atoms with van der Waals surface area (Å²) in [7, 11) is 0. The number of hydrogen-bond acceptors (Lipinski definition) is 3. The lowest BCUT2D eigenvalue weighted by Crippen LogP contribution is -2.09. The predicted molar refractivity (Wildman–Crippen MR) is 155 cm³/mol. The smallest absolute Gasteiger partial charge is 0.0535 e. The first-order valence-corrected chi connectivity index (χ1v) is 13.6. The minimum absolute atomic E-state index is 1.06. The van der Waals surface area contributed by atoms with Gasteiger partial charge in [0.25, 0.3) is 0 Å². The monoisotopic (exact) mass is 487 g/mol. The van der Waals surface area contributed by atoms with Crippen LogP contribution >= 0.6 is 22.7 Å². The maximum Gasteiger partial charge on any atom is 0.0535 e. The van der Waals surface area contributed by atoms with Crippen LogP contribution in [0.1, 0.15) is 12.5 Å². The van der Waals surface area contributed by atoms with Crippen molar-refractivity contribution in [3.8, 4) is 21.6 Å². The van der Waals surface area contributed by atoms with Crippen molar-refractivity contribution in [2.24, 2.45) is 0 Å². The van der Waals surface area contributed by atoms with Gasteiger partial charge in [0.2, 0.25) is 0 Å². The van der Waals surface area contributed by atoms with Crippen molar-refractivity contribution in [2.45, 2.75) is 13.3 Å². The minimum Gasteiger partial charge on any atom is -0.311 e. The third kappa shape index (κ3) is 4.18. The van der Waals surface area contributed by atoms with E-state index in [2.05, 4.69) is 132 Å². The molecule has 0 aliphatic carbocycles. The zero-order valence-corrected chi connectivity index (χ0v) is 21.2. The third-order valence-corrected chi connectivity index (χ3v) is 8.63. The van der Waals surface area contributed by atoms with Crippen LogP contribution in [0.25, 0.3) is 31.0 Å². The van der Waals surface area contributed by atoms with E-state index < -0.39 is 0 Å². The molecule has 35 heavy (non-hydrogen) atoms. The van der Waals surface area contributed by atoms with Gasteiger partial charge < -0.3 is 4.90 Å². The molecule has 170 valence electrons. The molecule has 0 saturated carbocycles.